The van der Waals surface area contributed by atoms with E-state index in [1.807, 2.05) is 36.5 Å². The van der Waals surface area contributed by atoms with E-state index in [9.17, 15) is 14.4 Å². The van der Waals surface area contributed by atoms with Gasteiger partial charge in [0.1, 0.15) is 13.2 Å². The lowest BCUT2D eigenvalue weighted by molar-refractivity contribution is -0.167. The molecule has 0 bridgehead atoms. The van der Waals surface area contributed by atoms with Gasteiger partial charge in [-0.25, -0.2) is 0 Å². The normalized spacial score (nSPS) is 12.9. The summed E-state index contributed by atoms with van der Waals surface area (Å²) in [4.78, 5) is 38.1. The topological polar surface area (TPSA) is 78.9 Å². The minimum Gasteiger partial charge on any atom is -0.462 e. The van der Waals surface area contributed by atoms with Crippen LogP contribution in [0.3, 0.4) is 0 Å². The number of unbranched alkanes of at least 4 members (excludes halogenated alkanes) is 25. The summed E-state index contributed by atoms with van der Waals surface area (Å²) in [5, 5.41) is 0. The maximum absolute atomic E-state index is 12.8. The van der Waals surface area contributed by atoms with Crippen LogP contribution in [-0.4, -0.2) is 37.2 Å². The van der Waals surface area contributed by atoms with Crippen LogP contribution in [0.1, 0.15) is 239 Å². The molecule has 6 heteroatoms. The first-order valence-corrected chi connectivity index (χ1v) is 27.5. The van der Waals surface area contributed by atoms with Crippen LogP contribution in [0, 0.1) is 0 Å². The number of allylic oxidation sites excluding steroid dienone is 18. The summed E-state index contributed by atoms with van der Waals surface area (Å²) in [5.41, 5.74) is 0. The second-order valence-electron chi connectivity index (χ2n) is 17.9. The van der Waals surface area contributed by atoms with Gasteiger partial charge in [-0.3, -0.25) is 14.4 Å². The molecule has 0 aliphatic carbocycles. The summed E-state index contributed by atoms with van der Waals surface area (Å²) in [6.07, 6.45) is 73.6. The van der Waals surface area contributed by atoms with E-state index in [-0.39, 0.29) is 31.1 Å². The molecule has 0 radical (unpaired) electrons. The summed E-state index contributed by atoms with van der Waals surface area (Å²) in [7, 11) is 0. The predicted octanol–water partition coefficient (Wildman–Crippen LogP) is 18.3. The third-order valence-corrected chi connectivity index (χ3v) is 11.4. The monoisotopic (exact) mass is 929 g/mol. The van der Waals surface area contributed by atoms with Crippen LogP contribution in [-0.2, 0) is 28.6 Å². The Bertz CT molecular complexity index is 1390. The van der Waals surface area contributed by atoms with Crippen LogP contribution in [0.5, 0.6) is 0 Å². The van der Waals surface area contributed by atoms with E-state index in [0.717, 1.165) is 109 Å². The lowest BCUT2D eigenvalue weighted by Crippen LogP contribution is -2.30. The SMILES string of the molecule is CC\C=C/C=C\C=C/C=C\CCCCCCCC(=O)OCC(COC(=O)CCCCCCCCC/C=C\CCCCCCCCCC)OC(=O)CCCCCCC\C=C/C=C\C=C/C=C\CC. The smallest absolute Gasteiger partial charge is 0.306 e. The molecule has 0 aliphatic heterocycles. The molecule has 0 fully saturated rings. The van der Waals surface area contributed by atoms with E-state index in [4.69, 9.17) is 14.2 Å². The molecule has 0 N–H and O–H groups in total. The molecule has 67 heavy (non-hydrogen) atoms. The first-order valence-electron chi connectivity index (χ1n) is 27.5. The fourth-order valence-electron chi connectivity index (χ4n) is 7.34. The molecular formula is C61H100O6. The maximum atomic E-state index is 12.8. The molecular weight excluding hydrogens is 829 g/mol. The van der Waals surface area contributed by atoms with Gasteiger partial charge in [-0.1, -0.05) is 246 Å². The van der Waals surface area contributed by atoms with E-state index in [0.29, 0.717) is 19.3 Å². The van der Waals surface area contributed by atoms with Crippen molar-refractivity contribution in [2.24, 2.45) is 0 Å². The van der Waals surface area contributed by atoms with Crippen molar-refractivity contribution in [3.63, 3.8) is 0 Å². The van der Waals surface area contributed by atoms with Crippen LogP contribution in [0.2, 0.25) is 0 Å². The van der Waals surface area contributed by atoms with Crippen molar-refractivity contribution in [2.75, 3.05) is 13.2 Å². The Kier molecular flexibility index (Phi) is 51.5. The lowest BCUT2D eigenvalue weighted by Gasteiger charge is -2.18. The molecule has 0 heterocycles. The summed E-state index contributed by atoms with van der Waals surface area (Å²) >= 11 is 0. The summed E-state index contributed by atoms with van der Waals surface area (Å²) < 4.78 is 16.8. The number of ether oxygens (including phenoxy) is 3. The van der Waals surface area contributed by atoms with Crippen molar-refractivity contribution < 1.29 is 28.6 Å². The van der Waals surface area contributed by atoms with Crippen LogP contribution in [0.15, 0.2) is 109 Å². The highest BCUT2D eigenvalue weighted by Crippen LogP contribution is 2.14. The number of carbonyl (C=O) groups is 3. The molecule has 0 saturated heterocycles. The molecule has 0 aliphatic rings. The van der Waals surface area contributed by atoms with Crippen molar-refractivity contribution in [3.8, 4) is 0 Å². The highest BCUT2D eigenvalue weighted by Gasteiger charge is 2.19. The quantitative estimate of drug-likeness (QED) is 0.0199. The fourth-order valence-corrected chi connectivity index (χ4v) is 7.34. The van der Waals surface area contributed by atoms with Gasteiger partial charge in [0.25, 0.3) is 0 Å². The van der Waals surface area contributed by atoms with Crippen LogP contribution in [0.25, 0.3) is 0 Å². The summed E-state index contributed by atoms with van der Waals surface area (Å²) in [6, 6.07) is 0. The van der Waals surface area contributed by atoms with E-state index in [1.165, 1.54) is 89.9 Å². The van der Waals surface area contributed by atoms with Crippen LogP contribution < -0.4 is 0 Å². The Hall–Kier alpha value is -3.93. The van der Waals surface area contributed by atoms with Gasteiger partial charge in [0, 0.05) is 19.3 Å². The van der Waals surface area contributed by atoms with E-state index >= 15 is 0 Å². The van der Waals surface area contributed by atoms with E-state index < -0.39 is 6.10 Å². The second kappa shape index (κ2) is 54.7. The Balaban J connectivity index is 4.45. The van der Waals surface area contributed by atoms with Gasteiger partial charge in [-0.05, 0) is 83.5 Å². The molecule has 0 aromatic carbocycles. The molecule has 1 atom stereocenters. The lowest BCUT2D eigenvalue weighted by atomic mass is 10.1. The molecule has 0 saturated carbocycles. The summed E-state index contributed by atoms with van der Waals surface area (Å²) in [6.45, 7) is 6.32. The zero-order valence-electron chi connectivity index (χ0n) is 43.4. The first-order chi connectivity index (χ1) is 33.0. The molecule has 0 amide bonds. The fraction of sp³-hybridized carbons (Fsp3) is 0.656. The number of hydrogen-bond acceptors (Lipinski definition) is 6. The Labute approximate surface area is 412 Å². The highest BCUT2D eigenvalue weighted by atomic mass is 16.6. The summed E-state index contributed by atoms with van der Waals surface area (Å²) in [5.74, 6) is -0.953. The van der Waals surface area contributed by atoms with Crippen molar-refractivity contribution in [2.45, 2.75) is 245 Å². The number of carbonyl (C=O) groups excluding carboxylic acids is 3. The van der Waals surface area contributed by atoms with Crippen LogP contribution in [0.4, 0.5) is 0 Å². The zero-order valence-corrected chi connectivity index (χ0v) is 43.4. The zero-order chi connectivity index (χ0) is 48.6. The number of rotatable bonds is 48. The van der Waals surface area contributed by atoms with Gasteiger partial charge in [-0.15, -0.1) is 0 Å². The molecule has 1 unspecified atom stereocenters. The third-order valence-electron chi connectivity index (χ3n) is 11.4. The second-order valence-corrected chi connectivity index (χ2v) is 17.9. The third kappa shape index (κ3) is 52.9. The van der Waals surface area contributed by atoms with Crippen LogP contribution >= 0.6 is 0 Å². The largest absolute Gasteiger partial charge is 0.462 e. The molecule has 380 valence electrons. The minimum absolute atomic E-state index is 0.0996. The first kappa shape index (κ1) is 63.1. The van der Waals surface area contributed by atoms with Gasteiger partial charge in [0.2, 0.25) is 0 Å². The molecule has 0 aromatic rings. The van der Waals surface area contributed by atoms with Gasteiger partial charge in [0.15, 0.2) is 6.10 Å². The van der Waals surface area contributed by atoms with Gasteiger partial charge < -0.3 is 14.2 Å². The van der Waals surface area contributed by atoms with Gasteiger partial charge in [0.05, 0.1) is 0 Å². The Morgan fingerprint density at radius 2 is 0.597 bits per heavy atom. The standard InChI is InChI=1S/C61H100O6/c1-4-7-10-13-16-19-22-25-28-29-30-31-34-36-39-42-45-48-51-54-60(63)66-57-58(67-61(64)55-52-49-46-43-40-37-33-27-24-21-18-15-12-9-6-3)56-65-59(62)53-50-47-44-41-38-35-32-26-23-20-17-14-11-8-5-2/h8-9,11-12,14-15,17-18,20-21,23-24,26-27,29-30,32-33,58H,4-7,10,13,16,19,22,25,28,31,34-57H2,1-3H3/b11-8-,12-9-,17-14-,18-15-,23-20-,24-21-,30-29-,32-26-,33-27-. The number of esters is 3. The van der Waals surface area contributed by atoms with Crippen molar-refractivity contribution in [1.29, 1.82) is 0 Å². The van der Waals surface area contributed by atoms with E-state index in [2.05, 4.69) is 93.7 Å². The predicted molar refractivity (Wildman–Crippen MR) is 288 cm³/mol. The Morgan fingerprint density at radius 3 is 0.955 bits per heavy atom. The molecule has 6 nitrogen and oxygen atoms in total. The van der Waals surface area contributed by atoms with Crippen molar-refractivity contribution >= 4 is 17.9 Å². The average Bonchev–Trinajstić information content (AvgIpc) is 3.33. The average molecular weight is 929 g/mol. The maximum Gasteiger partial charge on any atom is 0.306 e. The van der Waals surface area contributed by atoms with Crippen molar-refractivity contribution in [3.05, 3.63) is 109 Å². The highest BCUT2D eigenvalue weighted by molar-refractivity contribution is 5.71. The minimum atomic E-state index is -0.804. The van der Waals surface area contributed by atoms with Crippen molar-refractivity contribution in [1.82, 2.24) is 0 Å². The van der Waals surface area contributed by atoms with Gasteiger partial charge in [-0.2, -0.15) is 0 Å². The molecule has 0 spiro atoms. The Morgan fingerprint density at radius 1 is 0.313 bits per heavy atom. The number of hydrogen-bond donors (Lipinski definition) is 0. The van der Waals surface area contributed by atoms with E-state index in [1.54, 1.807) is 0 Å². The molecule has 0 aromatic heterocycles. The molecule has 0 rings (SSSR count). The van der Waals surface area contributed by atoms with Gasteiger partial charge >= 0.3 is 17.9 Å².